The number of rotatable bonds is 6. The van der Waals surface area contributed by atoms with Crippen LogP contribution in [0.25, 0.3) is 0 Å². The molecule has 0 aliphatic carbocycles. The number of anilines is 2. The van der Waals surface area contributed by atoms with Gasteiger partial charge >= 0.3 is 24.6 Å². The van der Waals surface area contributed by atoms with E-state index in [1.54, 1.807) is 16.0 Å². The van der Waals surface area contributed by atoms with Crippen LogP contribution in [0.4, 0.5) is 21.6 Å². The first-order valence-corrected chi connectivity index (χ1v) is 8.96. The summed E-state index contributed by atoms with van der Waals surface area (Å²) in [5.41, 5.74) is 1.98. The first-order chi connectivity index (χ1) is 11.3. The van der Waals surface area contributed by atoms with Crippen LogP contribution in [-0.2, 0) is 26.5 Å². The summed E-state index contributed by atoms with van der Waals surface area (Å²) >= 11 is 1.56. The molecule has 0 aliphatic rings. The Hall–Kier alpha value is -0.527. The molecule has 28 heavy (non-hydrogen) atoms. The number of halogens is 3. The van der Waals surface area contributed by atoms with Crippen molar-refractivity contribution in [3.8, 4) is 0 Å². The third kappa shape index (κ3) is 8.46. The number of hydrogen-bond acceptors (Lipinski definition) is 6. The average molecular weight is 519 g/mol. The van der Waals surface area contributed by atoms with Crippen molar-refractivity contribution >= 4 is 33.0 Å². The Bertz CT molecular complexity index is 699. The monoisotopic (exact) mass is 516 g/mol. The van der Waals surface area contributed by atoms with Gasteiger partial charge in [-0.3, -0.25) is 0 Å². The van der Waals surface area contributed by atoms with Crippen molar-refractivity contribution in [2.75, 3.05) is 23.9 Å². The van der Waals surface area contributed by atoms with Crippen molar-refractivity contribution in [1.82, 2.24) is 5.10 Å². The number of hydrogen-bond donors (Lipinski definition) is 0. The zero-order valence-electron chi connectivity index (χ0n) is 17.4. The van der Waals surface area contributed by atoms with Crippen LogP contribution in [0.15, 0.2) is 34.5 Å². The quantitative estimate of drug-likeness (QED) is 0.219. The molecule has 0 fully saturated rings. The fourth-order valence-corrected chi connectivity index (χ4v) is 3.59. The molecule has 0 aliphatic heterocycles. The summed E-state index contributed by atoms with van der Waals surface area (Å²) in [6.45, 7) is 8.70. The Balaban J connectivity index is -0.00000156. The van der Waals surface area contributed by atoms with Crippen molar-refractivity contribution in [3.63, 3.8) is 0 Å². The van der Waals surface area contributed by atoms with Crippen LogP contribution in [0.1, 0.15) is 27.7 Å². The smallest absolute Gasteiger partial charge is 1.00 e. The van der Waals surface area contributed by atoms with E-state index in [0.29, 0.717) is 12.1 Å². The van der Waals surface area contributed by atoms with Crippen LogP contribution in [-0.4, -0.2) is 31.3 Å². The van der Waals surface area contributed by atoms with E-state index in [0.717, 1.165) is 21.6 Å². The molecule has 0 atom stereocenters. The third-order valence-corrected chi connectivity index (χ3v) is 4.65. The average Bonchev–Trinajstić information content (AvgIpc) is 2.85. The van der Waals surface area contributed by atoms with Crippen LogP contribution in [0, 0.1) is 0 Å². The van der Waals surface area contributed by atoms with E-state index in [1.165, 1.54) is 0 Å². The Labute approximate surface area is 203 Å². The zero-order chi connectivity index (χ0) is 17.9. The summed E-state index contributed by atoms with van der Waals surface area (Å²) in [5.74, 6) is 0. The maximum Gasteiger partial charge on any atom is 2.00 e. The molecule has 2 rings (SSSR count). The van der Waals surface area contributed by atoms with Gasteiger partial charge in [0.1, 0.15) is 12.7 Å². The van der Waals surface area contributed by atoms with Crippen LogP contribution in [0.5, 0.6) is 0 Å². The molecule has 1 aromatic carbocycles. The van der Waals surface area contributed by atoms with E-state index < -0.39 is 0 Å². The summed E-state index contributed by atoms with van der Waals surface area (Å²) in [7, 11) is 5.94. The first-order valence-electron chi connectivity index (χ1n) is 8.14. The standard InChI is InChI=1S/C17H27N6S.3ClH.Zn/c1-12(2)23(13(3)4)17-20-22(7)16(24-17)19-18-14-8-10-15(11-9-14)21(5)6;;;;/h8-13H,1-7H3;3*1H;/q+1;;;;+2/p-3. The van der Waals surface area contributed by atoms with Gasteiger partial charge in [0.15, 0.2) is 0 Å². The van der Waals surface area contributed by atoms with Crippen molar-refractivity contribution < 1.29 is 61.4 Å². The summed E-state index contributed by atoms with van der Waals surface area (Å²) in [6.07, 6.45) is 0. The molecular weight excluding hydrogens is 492 g/mol. The second-order valence-electron chi connectivity index (χ2n) is 6.50. The number of nitrogens with zero attached hydrogens (tertiary/aromatic N) is 6. The van der Waals surface area contributed by atoms with Gasteiger partial charge in [-0.15, -0.1) is 4.68 Å². The zero-order valence-corrected chi connectivity index (χ0v) is 23.4. The van der Waals surface area contributed by atoms with E-state index in [9.17, 15) is 0 Å². The van der Waals surface area contributed by atoms with Crippen LogP contribution < -0.4 is 51.7 Å². The minimum absolute atomic E-state index is 0. The molecule has 0 radical (unpaired) electrons. The molecule has 1 heterocycles. The van der Waals surface area contributed by atoms with Gasteiger partial charge in [0.05, 0.1) is 5.11 Å². The molecule has 11 heteroatoms. The predicted octanol–water partition coefficient (Wildman–Crippen LogP) is -4.92. The van der Waals surface area contributed by atoms with E-state index in [4.69, 9.17) is 0 Å². The topological polar surface area (TPSA) is 48.0 Å². The van der Waals surface area contributed by atoms with E-state index in [2.05, 4.69) is 52.8 Å². The molecule has 2 aromatic rings. The van der Waals surface area contributed by atoms with Crippen molar-refractivity contribution in [1.29, 1.82) is 0 Å². The van der Waals surface area contributed by atoms with Gasteiger partial charge in [-0.2, -0.15) is 0 Å². The second-order valence-corrected chi connectivity index (χ2v) is 7.43. The van der Waals surface area contributed by atoms with Crippen LogP contribution in [0.3, 0.4) is 0 Å². The van der Waals surface area contributed by atoms with Crippen LogP contribution in [0.2, 0.25) is 0 Å². The van der Waals surface area contributed by atoms with E-state index in [-0.39, 0.29) is 56.7 Å². The number of aromatic nitrogens is 2. The maximum atomic E-state index is 4.60. The van der Waals surface area contributed by atoms with Crippen LogP contribution >= 0.6 is 11.3 Å². The van der Waals surface area contributed by atoms with E-state index in [1.807, 2.05) is 45.4 Å². The molecule has 0 saturated carbocycles. The summed E-state index contributed by atoms with van der Waals surface area (Å²) in [4.78, 5) is 4.35. The molecule has 0 amide bonds. The minimum atomic E-state index is 0. The second kappa shape index (κ2) is 14.5. The normalized spacial score (nSPS) is 10.0. The van der Waals surface area contributed by atoms with Gasteiger partial charge < -0.3 is 47.0 Å². The minimum Gasteiger partial charge on any atom is -1.00 e. The fraction of sp³-hybridized carbons (Fsp3) is 0.529. The number of azo groups is 1. The predicted molar refractivity (Wildman–Crippen MR) is 101 cm³/mol. The SMILES string of the molecule is CC(C)N(c1n[n+](C)c(N=Nc2ccc(N(C)C)cc2)s1)C(C)C.[Cl-].[Cl-].[Cl-].[Zn+2]. The van der Waals surface area contributed by atoms with Crippen molar-refractivity contribution in [2.45, 2.75) is 39.8 Å². The van der Waals surface area contributed by atoms with E-state index >= 15 is 0 Å². The molecule has 6 nitrogen and oxygen atoms in total. The molecular formula is C17H27Cl3N6SZn. The third-order valence-electron chi connectivity index (χ3n) is 3.65. The van der Waals surface area contributed by atoms with Gasteiger partial charge in [0.25, 0.3) is 0 Å². The summed E-state index contributed by atoms with van der Waals surface area (Å²) in [6, 6.07) is 8.78. The fourth-order valence-electron chi connectivity index (χ4n) is 2.48. The van der Waals surface area contributed by atoms with Gasteiger partial charge in [0, 0.05) is 31.9 Å². The van der Waals surface area contributed by atoms with Crippen molar-refractivity contribution in [2.24, 2.45) is 17.3 Å². The van der Waals surface area contributed by atoms with Gasteiger partial charge in [0.2, 0.25) is 5.13 Å². The molecule has 0 unspecified atom stereocenters. The van der Waals surface area contributed by atoms with Gasteiger partial charge in [-0.05, 0) is 68.4 Å². The number of aryl methyl sites for hydroxylation is 1. The molecule has 0 saturated heterocycles. The Morgan fingerprint density at radius 3 is 1.86 bits per heavy atom. The van der Waals surface area contributed by atoms with Gasteiger partial charge in [-0.1, -0.05) is 5.10 Å². The molecule has 0 spiro atoms. The molecule has 1 aromatic heterocycles. The Morgan fingerprint density at radius 2 is 1.43 bits per heavy atom. The van der Waals surface area contributed by atoms with Gasteiger partial charge in [-0.25, -0.2) is 0 Å². The Morgan fingerprint density at radius 1 is 0.929 bits per heavy atom. The summed E-state index contributed by atoms with van der Waals surface area (Å²) < 4.78 is 1.79. The molecule has 0 bridgehead atoms. The molecule has 0 N–H and O–H groups in total. The Kier molecular flexibility index (Phi) is 16.6. The maximum absolute atomic E-state index is 4.60. The largest absolute Gasteiger partial charge is 2.00 e. The first kappa shape index (κ1) is 32.1. The molecule has 154 valence electrons. The number of benzene rings is 1. The summed E-state index contributed by atoms with van der Waals surface area (Å²) in [5, 5.41) is 15.1. The van der Waals surface area contributed by atoms with Crippen molar-refractivity contribution in [3.05, 3.63) is 24.3 Å².